The molecule has 0 spiro atoms. The molecule has 0 radical (unpaired) electrons. The molecule has 21 heavy (non-hydrogen) atoms. The molecule has 1 unspecified atom stereocenters. The SMILES string of the molecule is Cc1ccccc1C(C)n1c(=S)[nH]c2cc(F)c(Cl)cc21. The standard InChI is InChI=1S/C16H14ClFN2S/c1-9-5-3-4-6-11(9)10(2)20-15-7-12(17)13(18)8-14(15)19-16(20)21/h3-8,10H,1-2H3,(H,19,21). The largest absolute Gasteiger partial charge is 0.330 e. The van der Waals surface area contributed by atoms with Gasteiger partial charge >= 0.3 is 0 Å². The van der Waals surface area contributed by atoms with Gasteiger partial charge < -0.3 is 9.55 Å². The van der Waals surface area contributed by atoms with Gasteiger partial charge in [0.05, 0.1) is 22.1 Å². The van der Waals surface area contributed by atoms with E-state index in [1.807, 2.05) is 16.7 Å². The molecule has 0 aliphatic rings. The van der Waals surface area contributed by atoms with Crippen LogP contribution in [0.3, 0.4) is 0 Å². The summed E-state index contributed by atoms with van der Waals surface area (Å²) < 4.78 is 16.1. The zero-order valence-corrected chi connectivity index (χ0v) is 13.2. The van der Waals surface area contributed by atoms with E-state index in [1.54, 1.807) is 6.07 Å². The number of halogens is 2. The van der Waals surface area contributed by atoms with Gasteiger partial charge in [-0.1, -0.05) is 35.9 Å². The van der Waals surface area contributed by atoms with Crippen LogP contribution in [0.1, 0.15) is 24.1 Å². The average molecular weight is 321 g/mol. The number of aromatic nitrogens is 2. The predicted octanol–water partition coefficient (Wildman–Crippen LogP) is 5.41. The van der Waals surface area contributed by atoms with Crippen LogP contribution in [0, 0.1) is 17.5 Å². The van der Waals surface area contributed by atoms with Crippen molar-refractivity contribution in [1.29, 1.82) is 0 Å². The van der Waals surface area contributed by atoms with Crippen LogP contribution in [0.5, 0.6) is 0 Å². The van der Waals surface area contributed by atoms with Crippen LogP contribution in [-0.2, 0) is 0 Å². The Morgan fingerprint density at radius 3 is 2.71 bits per heavy atom. The second-order valence-corrected chi connectivity index (χ2v) is 5.91. The lowest BCUT2D eigenvalue weighted by atomic mass is 10.0. The smallest absolute Gasteiger partial charge is 0.178 e. The van der Waals surface area contributed by atoms with E-state index in [0.29, 0.717) is 10.3 Å². The van der Waals surface area contributed by atoms with Gasteiger partial charge in [0, 0.05) is 6.07 Å². The van der Waals surface area contributed by atoms with E-state index in [1.165, 1.54) is 17.2 Å². The highest BCUT2D eigenvalue weighted by atomic mass is 35.5. The molecule has 0 aliphatic carbocycles. The van der Waals surface area contributed by atoms with Crippen molar-refractivity contribution < 1.29 is 4.39 Å². The number of fused-ring (bicyclic) bond motifs is 1. The lowest BCUT2D eigenvalue weighted by Gasteiger charge is -2.17. The highest BCUT2D eigenvalue weighted by Gasteiger charge is 2.16. The van der Waals surface area contributed by atoms with Gasteiger partial charge in [0.1, 0.15) is 5.82 Å². The van der Waals surface area contributed by atoms with Crippen molar-refractivity contribution >= 4 is 34.9 Å². The Morgan fingerprint density at radius 2 is 2.00 bits per heavy atom. The van der Waals surface area contributed by atoms with Crippen LogP contribution >= 0.6 is 23.8 Å². The summed E-state index contributed by atoms with van der Waals surface area (Å²) in [6.45, 7) is 4.14. The lowest BCUT2D eigenvalue weighted by molar-refractivity contribution is 0.628. The first-order valence-corrected chi connectivity index (χ1v) is 7.42. The van der Waals surface area contributed by atoms with Crippen molar-refractivity contribution in [2.75, 3.05) is 0 Å². The number of hydrogen-bond acceptors (Lipinski definition) is 1. The van der Waals surface area contributed by atoms with E-state index in [0.717, 1.165) is 5.52 Å². The van der Waals surface area contributed by atoms with E-state index in [2.05, 4.69) is 31.0 Å². The van der Waals surface area contributed by atoms with Crippen molar-refractivity contribution in [3.63, 3.8) is 0 Å². The monoisotopic (exact) mass is 320 g/mol. The quantitative estimate of drug-likeness (QED) is 0.626. The second-order valence-electron chi connectivity index (χ2n) is 5.12. The van der Waals surface area contributed by atoms with E-state index >= 15 is 0 Å². The van der Waals surface area contributed by atoms with Gasteiger partial charge in [-0.05, 0) is 43.3 Å². The number of H-pyrrole nitrogens is 1. The number of aromatic amines is 1. The Balaban J connectivity index is 2.25. The highest BCUT2D eigenvalue weighted by Crippen LogP contribution is 2.29. The second kappa shape index (κ2) is 5.28. The lowest BCUT2D eigenvalue weighted by Crippen LogP contribution is -2.08. The first-order valence-electron chi connectivity index (χ1n) is 6.64. The van der Waals surface area contributed by atoms with Gasteiger partial charge in [-0.15, -0.1) is 0 Å². The minimum atomic E-state index is -0.448. The molecule has 3 aromatic rings. The molecule has 0 saturated heterocycles. The highest BCUT2D eigenvalue weighted by molar-refractivity contribution is 7.71. The fourth-order valence-corrected chi connectivity index (χ4v) is 3.22. The molecule has 2 aromatic carbocycles. The molecule has 0 aliphatic heterocycles. The van der Waals surface area contributed by atoms with Gasteiger partial charge in [-0.3, -0.25) is 0 Å². The van der Waals surface area contributed by atoms with Crippen molar-refractivity contribution in [2.24, 2.45) is 0 Å². The molecule has 108 valence electrons. The molecule has 0 fully saturated rings. The summed E-state index contributed by atoms with van der Waals surface area (Å²) in [5.74, 6) is -0.448. The molecule has 2 nitrogen and oxygen atoms in total. The van der Waals surface area contributed by atoms with Crippen LogP contribution in [0.2, 0.25) is 5.02 Å². The third-order valence-electron chi connectivity index (χ3n) is 3.78. The summed E-state index contributed by atoms with van der Waals surface area (Å²) in [5.41, 5.74) is 3.83. The Hall–Kier alpha value is -1.65. The number of rotatable bonds is 2. The fraction of sp³-hybridized carbons (Fsp3) is 0.188. The van der Waals surface area contributed by atoms with Crippen molar-refractivity contribution in [3.8, 4) is 0 Å². The van der Waals surface area contributed by atoms with E-state index in [-0.39, 0.29) is 11.1 Å². The summed E-state index contributed by atoms with van der Waals surface area (Å²) in [7, 11) is 0. The maximum Gasteiger partial charge on any atom is 0.178 e. The predicted molar refractivity (Wildman–Crippen MR) is 87.1 cm³/mol. The maximum absolute atomic E-state index is 13.6. The zero-order valence-electron chi connectivity index (χ0n) is 11.7. The molecule has 1 heterocycles. The molecule has 5 heteroatoms. The summed E-state index contributed by atoms with van der Waals surface area (Å²) >= 11 is 11.3. The van der Waals surface area contributed by atoms with Gasteiger partial charge in [-0.25, -0.2) is 4.39 Å². The Labute approximate surface area is 132 Å². The summed E-state index contributed by atoms with van der Waals surface area (Å²) in [5, 5.41) is 0.0993. The molecule has 1 aromatic heterocycles. The Kier molecular flexibility index (Phi) is 3.59. The molecule has 3 rings (SSSR count). The van der Waals surface area contributed by atoms with Gasteiger partial charge in [0.15, 0.2) is 4.77 Å². The van der Waals surface area contributed by atoms with Crippen molar-refractivity contribution in [3.05, 3.63) is 63.1 Å². The van der Waals surface area contributed by atoms with Crippen molar-refractivity contribution in [2.45, 2.75) is 19.9 Å². The molecular weight excluding hydrogens is 307 g/mol. The maximum atomic E-state index is 13.6. The molecule has 0 bridgehead atoms. The van der Waals surface area contributed by atoms with Crippen LogP contribution in [0.4, 0.5) is 4.39 Å². The number of hydrogen-bond donors (Lipinski definition) is 1. The van der Waals surface area contributed by atoms with Crippen LogP contribution in [0.15, 0.2) is 36.4 Å². The Morgan fingerprint density at radius 1 is 1.29 bits per heavy atom. The minimum Gasteiger partial charge on any atom is -0.330 e. The third kappa shape index (κ3) is 2.39. The molecule has 0 saturated carbocycles. The fourth-order valence-electron chi connectivity index (χ4n) is 2.70. The summed E-state index contributed by atoms with van der Waals surface area (Å²) in [6.07, 6.45) is 0. The van der Waals surface area contributed by atoms with E-state index in [4.69, 9.17) is 23.8 Å². The number of imidazole rings is 1. The van der Waals surface area contributed by atoms with Gasteiger partial charge in [0.25, 0.3) is 0 Å². The van der Waals surface area contributed by atoms with Gasteiger partial charge in [-0.2, -0.15) is 0 Å². The average Bonchev–Trinajstić information content (AvgIpc) is 2.74. The summed E-state index contributed by atoms with van der Waals surface area (Å²) in [6, 6.07) is 11.2. The first kappa shape index (κ1) is 14.3. The minimum absolute atomic E-state index is 0.0361. The van der Waals surface area contributed by atoms with Crippen molar-refractivity contribution in [1.82, 2.24) is 9.55 Å². The van der Waals surface area contributed by atoms with Crippen LogP contribution < -0.4 is 0 Å². The number of nitrogens with zero attached hydrogens (tertiary/aromatic N) is 1. The Bertz CT molecular complexity index is 882. The zero-order chi connectivity index (χ0) is 15.1. The summed E-state index contributed by atoms with van der Waals surface area (Å²) in [4.78, 5) is 3.04. The third-order valence-corrected chi connectivity index (χ3v) is 4.37. The van der Waals surface area contributed by atoms with E-state index in [9.17, 15) is 4.39 Å². The normalized spacial score (nSPS) is 12.8. The topological polar surface area (TPSA) is 20.7 Å². The van der Waals surface area contributed by atoms with Gasteiger partial charge in [0.2, 0.25) is 0 Å². The van der Waals surface area contributed by atoms with Crippen LogP contribution in [0.25, 0.3) is 11.0 Å². The molecule has 1 atom stereocenters. The number of benzene rings is 2. The number of aryl methyl sites for hydroxylation is 1. The van der Waals surface area contributed by atoms with E-state index < -0.39 is 5.82 Å². The molecular formula is C16H14ClFN2S. The molecule has 0 amide bonds. The first-order chi connectivity index (χ1) is 9.99. The number of nitrogens with one attached hydrogen (secondary N) is 1. The van der Waals surface area contributed by atoms with Crippen LogP contribution in [-0.4, -0.2) is 9.55 Å². The molecule has 1 N–H and O–H groups in total.